The first-order valence-electron chi connectivity index (χ1n) is 8.33. The summed E-state index contributed by atoms with van der Waals surface area (Å²) in [6, 6.07) is 6.98. The predicted octanol–water partition coefficient (Wildman–Crippen LogP) is 3.74. The Hall–Kier alpha value is -3.95. The number of halogens is 2. The van der Waals surface area contributed by atoms with Crippen LogP contribution in [0.4, 0.5) is 20.4 Å². The first-order chi connectivity index (χ1) is 13.7. The largest absolute Gasteiger partial charge is 0.345 e. The number of pyridine rings is 1. The zero-order valence-electron chi connectivity index (χ0n) is 14.2. The van der Waals surface area contributed by atoms with Gasteiger partial charge in [0.15, 0.2) is 5.65 Å². The van der Waals surface area contributed by atoms with E-state index in [0.29, 0.717) is 28.5 Å². The summed E-state index contributed by atoms with van der Waals surface area (Å²) in [7, 11) is 0. The molecule has 28 heavy (non-hydrogen) atoms. The Bertz CT molecular complexity index is 1280. The Morgan fingerprint density at radius 3 is 2.71 bits per heavy atom. The quantitative estimate of drug-likeness (QED) is 0.494. The van der Waals surface area contributed by atoms with Gasteiger partial charge < -0.3 is 10.3 Å². The van der Waals surface area contributed by atoms with Crippen LogP contribution >= 0.6 is 0 Å². The molecule has 0 radical (unpaired) electrons. The second kappa shape index (κ2) is 6.34. The van der Waals surface area contributed by atoms with Crippen LogP contribution in [0, 0.1) is 0 Å². The summed E-state index contributed by atoms with van der Waals surface area (Å²) in [6.07, 6.45) is 5.18. The molecule has 2 N–H and O–H groups in total. The normalized spacial score (nSPS) is 11.5. The highest BCUT2D eigenvalue weighted by atomic mass is 19.3. The number of alkyl halides is 2. The lowest BCUT2D eigenvalue weighted by atomic mass is 10.2. The third kappa shape index (κ3) is 2.71. The zero-order chi connectivity index (χ0) is 19.1. The molecule has 0 amide bonds. The topological polar surface area (TPSA) is 96.7 Å². The molecule has 5 aromatic heterocycles. The van der Waals surface area contributed by atoms with Crippen molar-refractivity contribution < 1.29 is 8.78 Å². The second-order valence-electron chi connectivity index (χ2n) is 5.99. The van der Waals surface area contributed by atoms with Crippen molar-refractivity contribution >= 4 is 28.3 Å². The van der Waals surface area contributed by atoms with Crippen molar-refractivity contribution in [1.29, 1.82) is 0 Å². The minimum absolute atomic E-state index is 0.253. The lowest BCUT2D eigenvalue weighted by Crippen LogP contribution is -1.99. The molecule has 10 heteroatoms. The van der Waals surface area contributed by atoms with E-state index in [1.54, 1.807) is 49.1 Å². The van der Waals surface area contributed by atoms with Gasteiger partial charge in [-0.1, -0.05) is 0 Å². The van der Waals surface area contributed by atoms with Crippen molar-refractivity contribution in [2.75, 3.05) is 5.32 Å². The lowest BCUT2D eigenvalue weighted by molar-refractivity contribution is 0.143. The molecule has 5 aromatic rings. The second-order valence-corrected chi connectivity index (χ2v) is 5.99. The van der Waals surface area contributed by atoms with Crippen LogP contribution in [0.25, 0.3) is 27.9 Å². The summed E-state index contributed by atoms with van der Waals surface area (Å²) in [4.78, 5) is 19.8. The van der Waals surface area contributed by atoms with Crippen LogP contribution in [0.5, 0.6) is 0 Å². The summed E-state index contributed by atoms with van der Waals surface area (Å²) in [5.74, 6) is 0.421. The Morgan fingerprint density at radius 1 is 1.04 bits per heavy atom. The van der Waals surface area contributed by atoms with Crippen molar-refractivity contribution in [1.82, 2.24) is 34.5 Å². The van der Waals surface area contributed by atoms with E-state index < -0.39 is 6.43 Å². The molecule has 0 aliphatic carbocycles. The summed E-state index contributed by atoms with van der Waals surface area (Å²) in [6.45, 7) is 0. The molecule has 0 bridgehead atoms. The number of hydrogen-bond acceptors (Lipinski definition) is 6. The van der Waals surface area contributed by atoms with Crippen LogP contribution in [0.2, 0.25) is 0 Å². The summed E-state index contributed by atoms with van der Waals surface area (Å²) < 4.78 is 27.4. The van der Waals surface area contributed by atoms with E-state index in [0.717, 1.165) is 21.8 Å². The van der Waals surface area contributed by atoms with Gasteiger partial charge in [0.05, 0.1) is 11.9 Å². The van der Waals surface area contributed by atoms with E-state index in [-0.39, 0.29) is 5.69 Å². The predicted molar refractivity (Wildman–Crippen MR) is 98.3 cm³/mol. The average Bonchev–Trinajstić information content (AvgIpc) is 3.32. The van der Waals surface area contributed by atoms with E-state index >= 15 is 0 Å². The van der Waals surface area contributed by atoms with E-state index in [2.05, 4.69) is 35.3 Å². The Balaban J connectivity index is 1.54. The van der Waals surface area contributed by atoms with Gasteiger partial charge in [0.2, 0.25) is 5.95 Å². The van der Waals surface area contributed by atoms with Crippen molar-refractivity contribution in [2.24, 2.45) is 0 Å². The van der Waals surface area contributed by atoms with Crippen molar-refractivity contribution in [3.8, 4) is 11.3 Å². The first kappa shape index (κ1) is 16.2. The van der Waals surface area contributed by atoms with Gasteiger partial charge in [0.25, 0.3) is 6.43 Å². The minimum Gasteiger partial charge on any atom is -0.345 e. The molecule has 0 spiro atoms. The SMILES string of the molecule is FC(F)c1cnc2ccc(-c3c[nH]c4nc(Nc5ccncc5)ncc34)nn12. The Labute approximate surface area is 156 Å². The van der Waals surface area contributed by atoms with Crippen LogP contribution < -0.4 is 5.32 Å². The van der Waals surface area contributed by atoms with Gasteiger partial charge in [-0.3, -0.25) is 4.98 Å². The number of aromatic amines is 1. The van der Waals surface area contributed by atoms with Gasteiger partial charge in [-0.2, -0.15) is 10.1 Å². The third-order valence-electron chi connectivity index (χ3n) is 4.26. The monoisotopic (exact) mass is 378 g/mol. The maximum atomic E-state index is 13.1. The number of imidazole rings is 1. The van der Waals surface area contributed by atoms with Gasteiger partial charge in [-0.05, 0) is 24.3 Å². The van der Waals surface area contributed by atoms with E-state index in [1.165, 1.54) is 0 Å². The summed E-state index contributed by atoms with van der Waals surface area (Å²) >= 11 is 0. The molecular formula is C18H12F2N8. The lowest BCUT2D eigenvalue weighted by Gasteiger charge is -2.05. The van der Waals surface area contributed by atoms with Crippen LogP contribution in [0.3, 0.4) is 0 Å². The van der Waals surface area contributed by atoms with E-state index in [1.807, 2.05) is 0 Å². The molecule has 0 saturated carbocycles. The third-order valence-corrected chi connectivity index (χ3v) is 4.26. The van der Waals surface area contributed by atoms with E-state index in [4.69, 9.17) is 0 Å². The number of nitrogens with zero attached hydrogens (tertiary/aromatic N) is 6. The minimum atomic E-state index is -2.66. The molecule has 8 nitrogen and oxygen atoms in total. The van der Waals surface area contributed by atoms with E-state index in [9.17, 15) is 8.78 Å². The van der Waals surface area contributed by atoms with Crippen LogP contribution in [-0.2, 0) is 0 Å². The van der Waals surface area contributed by atoms with Crippen LogP contribution in [0.1, 0.15) is 12.1 Å². The smallest absolute Gasteiger partial charge is 0.282 e. The molecule has 5 rings (SSSR count). The number of anilines is 2. The number of rotatable bonds is 4. The molecule has 0 aliphatic rings. The molecule has 5 heterocycles. The number of fused-ring (bicyclic) bond motifs is 2. The molecule has 0 aliphatic heterocycles. The van der Waals surface area contributed by atoms with Crippen molar-refractivity contribution in [3.63, 3.8) is 0 Å². The van der Waals surface area contributed by atoms with Gasteiger partial charge in [-0.15, -0.1) is 0 Å². The maximum Gasteiger partial charge on any atom is 0.282 e. The fraction of sp³-hybridized carbons (Fsp3) is 0.0556. The first-order valence-corrected chi connectivity index (χ1v) is 8.33. The summed E-state index contributed by atoms with van der Waals surface area (Å²) in [5.41, 5.74) is 2.74. The molecule has 0 atom stereocenters. The Morgan fingerprint density at radius 2 is 1.89 bits per heavy atom. The fourth-order valence-electron chi connectivity index (χ4n) is 2.93. The zero-order valence-corrected chi connectivity index (χ0v) is 14.2. The van der Waals surface area contributed by atoms with Gasteiger partial charge in [-0.25, -0.2) is 23.3 Å². The number of nitrogens with one attached hydrogen (secondary N) is 2. The number of H-pyrrole nitrogens is 1. The summed E-state index contributed by atoms with van der Waals surface area (Å²) in [5, 5.41) is 8.14. The fourth-order valence-corrected chi connectivity index (χ4v) is 2.93. The Kier molecular flexibility index (Phi) is 3.68. The number of hydrogen-bond donors (Lipinski definition) is 2. The molecular weight excluding hydrogens is 366 g/mol. The average molecular weight is 378 g/mol. The molecule has 0 unspecified atom stereocenters. The van der Waals surface area contributed by atoms with Gasteiger partial charge in [0, 0.05) is 41.4 Å². The molecule has 0 saturated heterocycles. The van der Waals surface area contributed by atoms with Crippen molar-refractivity contribution in [3.05, 3.63) is 60.9 Å². The molecule has 0 fully saturated rings. The number of aromatic nitrogens is 7. The van der Waals surface area contributed by atoms with Crippen molar-refractivity contribution in [2.45, 2.75) is 6.43 Å². The maximum absolute atomic E-state index is 13.1. The van der Waals surface area contributed by atoms with Crippen LogP contribution in [0.15, 0.2) is 55.2 Å². The highest BCUT2D eigenvalue weighted by Crippen LogP contribution is 2.28. The van der Waals surface area contributed by atoms with Gasteiger partial charge in [0.1, 0.15) is 11.3 Å². The highest BCUT2D eigenvalue weighted by Gasteiger charge is 2.16. The highest BCUT2D eigenvalue weighted by molar-refractivity contribution is 5.92. The van der Waals surface area contributed by atoms with Crippen LogP contribution in [-0.4, -0.2) is 34.5 Å². The standard InChI is InChI=1S/C18H12F2N8/c19-16(20)14-9-22-15-2-1-13(27-28(14)15)11-7-23-17-12(11)8-24-18(26-17)25-10-3-5-21-6-4-10/h1-9,16H,(H2,21,23,24,25,26). The molecule has 0 aromatic carbocycles. The van der Waals surface area contributed by atoms with Gasteiger partial charge >= 0.3 is 0 Å². The molecule has 138 valence electrons.